The van der Waals surface area contributed by atoms with Crippen LogP contribution in [-0.4, -0.2) is 11.1 Å². The molecule has 0 aromatic heterocycles. The Hall–Kier alpha value is -2.10. The van der Waals surface area contributed by atoms with E-state index in [1.165, 1.54) is 30.3 Å². The molecule has 7 heteroatoms. The van der Waals surface area contributed by atoms with Gasteiger partial charge in [0.15, 0.2) is 5.82 Å². The zero-order valence-electron chi connectivity index (χ0n) is 10.3. The van der Waals surface area contributed by atoms with Crippen LogP contribution in [0, 0.1) is 17.1 Å². The van der Waals surface area contributed by atoms with Gasteiger partial charge >= 0.3 is 5.97 Å². The van der Waals surface area contributed by atoms with Gasteiger partial charge in [-0.1, -0.05) is 11.6 Å². The van der Waals surface area contributed by atoms with Gasteiger partial charge in [0.25, 0.3) is 0 Å². The quantitative estimate of drug-likeness (QED) is 0.832. The first-order chi connectivity index (χ1) is 9.93. The molecule has 0 amide bonds. The van der Waals surface area contributed by atoms with Gasteiger partial charge in [-0.05, 0) is 46.3 Å². The van der Waals surface area contributed by atoms with Crippen molar-refractivity contribution in [2.75, 3.05) is 5.32 Å². The number of rotatable bonds is 3. The number of carboxylic acids is 1. The van der Waals surface area contributed by atoms with Gasteiger partial charge in [0.1, 0.15) is 6.07 Å². The Morgan fingerprint density at radius 1 is 1.38 bits per heavy atom. The Bertz CT molecular complexity index is 774. The highest BCUT2D eigenvalue weighted by Crippen LogP contribution is 2.30. The fourth-order valence-electron chi connectivity index (χ4n) is 1.65. The number of hydrogen-bond donors (Lipinski definition) is 2. The molecule has 21 heavy (non-hydrogen) atoms. The second kappa shape index (κ2) is 6.12. The molecule has 0 heterocycles. The number of benzene rings is 2. The molecule has 0 saturated heterocycles. The summed E-state index contributed by atoms with van der Waals surface area (Å²) in [5.74, 6) is -1.81. The van der Waals surface area contributed by atoms with Gasteiger partial charge in [-0.25, -0.2) is 9.18 Å². The summed E-state index contributed by atoms with van der Waals surface area (Å²) in [7, 11) is 0. The zero-order chi connectivity index (χ0) is 15.6. The summed E-state index contributed by atoms with van der Waals surface area (Å²) in [5.41, 5.74) is 0.557. The fraction of sp³-hybridized carbons (Fsp3) is 0. The van der Waals surface area contributed by atoms with E-state index in [2.05, 4.69) is 21.2 Å². The minimum Gasteiger partial charge on any atom is -0.478 e. The molecule has 0 atom stereocenters. The first kappa shape index (κ1) is 15.3. The molecule has 2 rings (SSSR count). The lowest BCUT2D eigenvalue weighted by molar-refractivity contribution is 0.0697. The van der Waals surface area contributed by atoms with Gasteiger partial charge in [0, 0.05) is 5.69 Å². The number of aromatic carboxylic acids is 1. The van der Waals surface area contributed by atoms with Crippen LogP contribution >= 0.6 is 27.5 Å². The van der Waals surface area contributed by atoms with Crippen LogP contribution in [0.15, 0.2) is 34.8 Å². The number of carbonyl (C=O) groups is 1. The molecule has 0 aliphatic heterocycles. The van der Waals surface area contributed by atoms with E-state index in [0.29, 0.717) is 5.69 Å². The third kappa shape index (κ3) is 3.15. The van der Waals surface area contributed by atoms with Crippen LogP contribution in [0.2, 0.25) is 5.02 Å². The topological polar surface area (TPSA) is 73.1 Å². The smallest absolute Gasteiger partial charge is 0.337 e. The molecule has 0 fully saturated rings. The summed E-state index contributed by atoms with van der Waals surface area (Å²) in [4.78, 5) is 11.0. The Morgan fingerprint density at radius 3 is 2.71 bits per heavy atom. The van der Waals surface area contributed by atoms with E-state index in [-0.39, 0.29) is 26.3 Å². The second-order valence-corrected chi connectivity index (χ2v) is 5.23. The molecule has 4 nitrogen and oxygen atoms in total. The number of halogens is 3. The molecule has 2 aromatic rings. The van der Waals surface area contributed by atoms with E-state index in [1.54, 1.807) is 0 Å². The number of nitriles is 1. The molecule has 0 radical (unpaired) electrons. The Labute approximate surface area is 132 Å². The van der Waals surface area contributed by atoms with Crippen molar-refractivity contribution in [1.82, 2.24) is 0 Å². The molecule has 0 unspecified atom stereocenters. The van der Waals surface area contributed by atoms with Crippen molar-refractivity contribution in [3.8, 4) is 6.07 Å². The Morgan fingerprint density at radius 2 is 2.10 bits per heavy atom. The number of anilines is 2. The Kier molecular flexibility index (Phi) is 4.46. The zero-order valence-corrected chi connectivity index (χ0v) is 12.7. The van der Waals surface area contributed by atoms with Crippen LogP contribution in [0.3, 0.4) is 0 Å². The van der Waals surface area contributed by atoms with Crippen molar-refractivity contribution < 1.29 is 14.3 Å². The maximum Gasteiger partial charge on any atom is 0.337 e. The molecule has 0 bridgehead atoms. The molecule has 0 aliphatic carbocycles. The predicted molar refractivity (Wildman–Crippen MR) is 80.5 cm³/mol. The third-order valence-corrected chi connectivity index (χ3v) is 3.78. The lowest BCUT2D eigenvalue weighted by Gasteiger charge is -2.10. The average Bonchev–Trinajstić information content (AvgIpc) is 2.46. The molecular formula is C14H7BrClFN2O2. The largest absolute Gasteiger partial charge is 0.478 e. The van der Waals surface area contributed by atoms with E-state index in [9.17, 15) is 9.18 Å². The van der Waals surface area contributed by atoms with Crippen molar-refractivity contribution >= 4 is 44.9 Å². The van der Waals surface area contributed by atoms with Gasteiger partial charge in [-0.2, -0.15) is 5.26 Å². The number of carboxylic acid groups (broad SMARTS) is 1. The lowest BCUT2D eigenvalue weighted by Crippen LogP contribution is -2.01. The summed E-state index contributed by atoms with van der Waals surface area (Å²) in [5, 5.41) is 20.6. The first-order valence-electron chi connectivity index (χ1n) is 5.62. The van der Waals surface area contributed by atoms with Gasteiger partial charge < -0.3 is 10.4 Å². The molecule has 0 saturated carbocycles. The maximum absolute atomic E-state index is 14.1. The fourth-order valence-corrected chi connectivity index (χ4v) is 2.29. The van der Waals surface area contributed by atoms with E-state index in [4.69, 9.17) is 22.0 Å². The van der Waals surface area contributed by atoms with Crippen LogP contribution < -0.4 is 5.32 Å². The lowest BCUT2D eigenvalue weighted by atomic mass is 10.1. The molecule has 2 aromatic carbocycles. The molecule has 0 spiro atoms. The average molecular weight is 370 g/mol. The van der Waals surface area contributed by atoms with Crippen molar-refractivity contribution in [2.24, 2.45) is 0 Å². The van der Waals surface area contributed by atoms with E-state index in [1.807, 2.05) is 6.07 Å². The van der Waals surface area contributed by atoms with Crippen molar-refractivity contribution in [1.29, 1.82) is 5.26 Å². The number of nitrogens with zero attached hydrogens (tertiary/aromatic N) is 1. The first-order valence-corrected chi connectivity index (χ1v) is 6.79. The third-order valence-electron chi connectivity index (χ3n) is 2.68. The number of hydrogen-bond acceptors (Lipinski definition) is 3. The van der Waals surface area contributed by atoms with Crippen molar-refractivity contribution in [3.05, 3.63) is 56.8 Å². The van der Waals surface area contributed by atoms with Crippen molar-refractivity contribution in [3.63, 3.8) is 0 Å². The predicted octanol–water partition coefficient (Wildman–Crippen LogP) is 4.56. The van der Waals surface area contributed by atoms with Crippen LogP contribution in [-0.2, 0) is 0 Å². The van der Waals surface area contributed by atoms with Crippen molar-refractivity contribution in [2.45, 2.75) is 0 Å². The highest BCUT2D eigenvalue weighted by atomic mass is 79.9. The highest BCUT2D eigenvalue weighted by Gasteiger charge is 2.13. The van der Waals surface area contributed by atoms with Crippen LogP contribution in [0.5, 0.6) is 0 Å². The summed E-state index contributed by atoms with van der Waals surface area (Å²) in [6.07, 6.45) is 0. The Balaban J connectivity index is 2.40. The van der Waals surface area contributed by atoms with Gasteiger partial charge in [0.05, 0.1) is 26.3 Å². The normalized spacial score (nSPS) is 10.0. The summed E-state index contributed by atoms with van der Waals surface area (Å²) < 4.78 is 14.1. The monoisotopic (exact) mass is 368 g/mol. The number of nitrogens with one attached hydrogen (secondary N) is 1. The summed E-state index contributed by atoms with van der Waals surface area (Å²) in [6, 6.07) is 8.93. The van der Waals surface area contributed by atoms with Gasteiger partial charge in [-0.15, -0.1) is 0 Å². The SMILES string of the molecule is N#Cc1ccc(Nc2ccc(Cl)c(C(=O)O)c2)c(F)c1Br. The standard InChI is InChI=1S/C14H7BrClFN2O2/c15-12-7(6-18)1-4-11(13(12)17)19-8-2-3-10(16)9(5-8)14(20)21/h1-5,19H,(H,20,21). The molecule has 0 aliphatic rings. The van der Waals surface area contributed by atoms with Crippen LogP contribution in [0.1, 0.15) is 15.9 Å². The van der Waals surface area contributed by atoms with Crippen LogP contribution in [0.4, 0.5) is 15.8 Å². The van der Waals surface area contributed by atoms with E-state index >= 15 is 0 Å². The molecular weight excluding hydrogens is 363 g/mol. The van der Waals surface area contributed by atoms with E-state index in [0.717, 1.165) is 0 Å². The summed E-state index contributed by atoms with van der Waals surface area (Å²) in [6.45, 7) is 0. The van der Waals surface area contributed by atoms with E-state index < -0.39 is 11.8 Å². The van der Waals surface area contributed by atoms with Gasteiger partial charge in [-0.3, -0.25) is 0 Å². The molecule has 2 N–H and O–H groups in total. The minimum absolute atomic E-state index is 0.0439. The molecule has 106 valence electrons. The summed E-state index contributed by atoms with van der Waals surface area (Å²) >= 11 is 8.77. The maximum atomic E-state index is 14.1. The van der Waals surface area contributed by atoms with Gasteiger partial charge in [0.2, 0.25) is 0 Å². The second-order valence-electron chi connectivity index (χ2n) is 4.03. The minimum atomic E-state index is -1.18. The van der Waals surface area contributed by atoms with Crippen LogP contribution in [0.25, 0.3) is 0 Å². The highest BCUT2D eigenvalue weighted by molar-refractivity contribution is 9.10.